The number of nitrogens with zero attached hydrogens (tertiary/aromatic N) is 1. The number of hydrogen-bond donors (Lipinski definition) is 1. The average Bonchev–Trinajstić information content (AvgIpc) is 3.11. The number of aromatic nitrogens is 2. The lowest BCUT2D eigenvalue weighted by Gasteiger charge is -2.13. The van der Waals surface area contributed by atoms with Gasteiger partial charge in [-0.15, -0.1) is 0 Å². The maximum Gasteiger partial charge on any atom is 0.340 e. The number of hydrogen-bond acceptors (Lipinski definition) is 4. The number of nitrogens with one attached hydrogen (secondary N) is 1. The molecule has 3 aromatic rings. The maximum atomic E-state index is 13.9. The maximum absolute atomic E-state index is 13.9. The van der Waals surface area contributed by atoms with Gasteiger partial charge in [0.1, 0.15) is 11.5 Å². The van der Waals surface area contributed by atoms with Gasteiger partial charge in [0, 0.05) is 11.1 Å². The molecule has 0 spiro atoms. The third kappa shape index (κ3) is 4.57. The molecule has 0 aliphatic heterocycles. The van der Waals surface area contributed by atoms with Gasteiger partial charge >= 0.3 is 5.25 Å². The van der Waals surface area contributed by atoms with Crippen LogP contribution in [-0.4, -0.2) is 33.6 Å². The number of ether oxygens (including phenoxy) is 2. The molecule has 0 saturated heterocycles. The Bertz CT molecular complexity index is 866. The Morgan fingerprint density at radius 1 is 0.964 bits per heavy atom. The zero-order valence-electron chi connectivity index (χ0n) is 14.9. The number of methoxy groups -OCH3 is 2. The van der Waals surface area contributed by atoms with Crippen molar-refractivity contribution in [3.05, 3.63) is 48.5 Å². The van der Waals surface area contributed by atoms with Gasteiger partial charge in [0.05, 0.1) is 25.6 Å². The number of aromatic amines is 1. The molecular weight excluding hydrogens is 504 g/mol. The van der Waals surface area contributed by atoms with Crippen molar-refractivity contribution in [1.82, 2.24) is 9.97 Å². The monoisotopic (exact) mass is 520 g/mol. The summed E-state index contributed by atoms with van der Waals surface area (Å²) in [5.41, 5.74) is 2.48. The SMILES string of the molecule is COc1ccc(-c2nc(SC(F)(F)C(F)I)[nH]c2-c2ccc(OC)cc2)cc1. The van der Waals surface area contributed by atoms with Crippen molar-refractivity contribution < 1.29 is 22.6 Å². The molecule has 3 rings (SSSR count). The van der Waals surface area contributed by atoms with Gasteiger partial charge in [-0.25, -0.2) is 9.37 Å². The summed E-state index contributed by atoms with van der Waals surface area (Å²) < 4.78 is 48.9. The number of imidazole rings is 1. The summed E-state index contributed by atoms with van der Waals surface area (Å²) in [5.74, 6) is 1.33. The fraction of sp³-hybridized carbons (Fsp3) is 0.211. The molecule has 0 aliphatic carbocycles. The quantitative estimate of drug-likeness (QED) is 0.230. The van der Waals surface area contributed by atoms with E-state index < -0.39 is 9.43 Å². The number of H-pyrrole nitrogens is 1. The van der Waals surface area contributed by atoms with Gasteiger partial charge in [0.25, 0.3) is 0 Å². The van der Waals surface area contributed by atoms with E-state index in [4.69, 9.17) is 9.47 Å². The Morgan fingerprint density at radius 3 is 1.93 bits per heavy atom. The Morgan fingerprint density at radius 2 is 1.46 bits per heavy atom. The van der Waals surface area contributed by atoms with Crippen molar-refractivity contribution in [3.63, 3.8) is 0 Å². The third-order valence-corrected chi connectivity index (χ3v) is 5.98. The molecular formula is C19H16F3IN2O2S. The minimum atomic E-state index is -3.60. The van der Waals surface area contributed by atoms with Crippen molar-refractivity contribution in [1.29, 1.82) is 0 Å². The van der Waals surface area contributed by atoms with Crippen LogP contribution in [0.15, 0.2) is 53.7 Å². The van der Waals surface area contributed by atoms with Crippen LogP contribution in [0, 0.1) is 0 Å². The third-order valence-electron chi connectivity index (χ3n) is 3.91. The molecule has 0 saturated carbocycles. The molecule has 1 N–H and O–H groups in total. The van der Waals surface area contributed by atoms with E-state index in [1.807, 2.05) is 0 Å². The van der Waals surface area contributed by atoms with Gasteiger partial charge in [0.2, 0.25) is 4.18 Å². The first kappa shape index (κ1) is 20.8. The topological polar surface area (TPSA) is 47.1 Å². The van der Waals surface area contributed by atoms with Crippen molar-refractivity contribution in [2.75, 3.05) is 14.2 Å². The van der Waals surface area contributed by atoms with Crippen LogP contribution in [-0.2, 0) is 0 Å². The van der Waals surface area contributed by atoms with E-state index in [0.29, 0.717) is 28.5 Å². The molecule has 1 unspecified atom stereocenters. The second-order valence-electron chi connectivity index (χ2n) is 5.69. The molecule has 148 valence electrons. The predicted molar refractivity (Wildman–Crippen MR) is 112 cm³/mol. The van der Waals surface area contributed by atoms with E-state index >= 15 is 0 Å². The lowest BCUT2D eigenvalue weighted by Crippen LogP contribution is -2.20. The summed E-state index contributed by atoms with van der Waals surface area (Å²) in [6.07, 6.45) is 0. The normalized spacial score (nSPS) is 12.6. The lowest BCUT2D eigenvalue weighted by atomic mass is 10.0. The van der Waals surface area contributed by atoms with Gasteiger partial charge in [-0.2, -0.15) is 8.78 Å². The van der Waals surface area contributed by atoms with Gasteiger partial charge in [-0.1, -0.05) is 0 Å². The number of thioether (sulfide) groups is 1. The Labute approximate surface area is 178 Å². The number of alkyl halides is 4. The summed E-state index contributed by atoms with van der Waals surface area (Å²) in [6, 6.07) is 14.2. The highest BCUT2D eigenvalue weighted by Crippen LogP contribution is 2.43. The smallest absolute Gasteiger partial charge is 0.340 e. The van der Waals surface area contributed by atoms with Crippen LogP contribution < -0.4 is 9.47 Å². The highest BCUT2D eigenvalue weighted by Gasteiger charge is 2.41. The first-order chi connectivity index (χ1) is 13.3. The van der Waals surface area contributed by atoms with E-state index in [9.17, 15) is 13.2 Å². The molecule has 9 heteroatoms. The van der Waals surface area contributed by atoms with E-state index in [1.54, 1.807) is 62.8 Å². The number of benzene rings is 2. The molecule has 1 heterocycles. The van der Waals surface area contributed by atoms with E-state index in [-0.39, 0.29) is 16.9 Å². The molecule has 4 nitrogen and oxygen atoms in total. The molecule has 0 amide bonds. The lowest BCUT2D eigenvalue weighted by molar-refractivity contribution is 0.0644. The first-order valence-corrected chi connectivity index (χ1v) is 10.1. The van der Waals surface area contributed by atoms with E-state index in [0.717, 1.165) is 28.2 Å². The van der Waals surface area contributed by atoms with Crippen molar-refractivity contribution in [2.45, 2.75) is 14.6 Å². The Kier molecular flexibility index (Phi) is 6.43. The van der Waals surface area contributed by atoms with Crippen LogP contribution in [0.2, 0.25) is 0 Å². The Hall–Kier alpha value is -1.88. The van der Waals surface area contributed by atoms with E-state index in [1.165, 1.54) is 0 Å². The van der Waals surface area contributed by atoms with Crippen LogP contribution in [0.5, 0.6) is 11.5 Å². The molecule has 1 aromatic heterocycles. The Balaban J connectivity index is 2.06. The minimum absolute atomic E-state index is 0.0617. The van der Waals surface area contributed by atoms with Gasteiger partial charge in [-0.3, -0.25) is 0 Å². The highest BCUT2D eigenvalue weighted by molar-refractivity contribution is 14.1. The van der Waals surface area contributed by atoms with Crippen LogP contribution >= 0.6 is 34.4 Å². The molecule has 0 aliphatic rings. The van der Waals surface area contributed by atoms with Crippen LogP contribution in [0.3, 0.4) is 0 Å². The van der Waals surface area contributed by atoms with E-state index in [2.05, 4.69) is 9.97 Å². The minimum Gasteiger partial charge on any atom is -0.497 e. The van der Waals surface area contributed by atoms with Crippen molar-refractivity contribution in [2.24, 2.45) is 0 Å². The molecule has 0 bridgehead atoms. The summed E-state index contributed by atoms with van der Waals surface area (Å²) in [6.45, 7) is 0. The summed E-state index contributed by atoms with van der Waals surface area (Å²) in [4.78, 5) is 7.21. The summed E-state index contributed by atoms with van der Waals surface area (Å²) in [5, 5.41) is -3.67. The second-order valence-corrected chi connectivity index (χ2v) is 7.92. The molecule has 28 heavy (non-hydrogen) atoms. The fourth-order valence-electron chi connectivity index (χ4n) is 2.50. The van der Waals surface area contributed by atoms with Gasteiger partial charge in [-0.05, 0) is 82.9 Å². The van der Waals surface area contributed by atoms with Crippen LogP contribution in [0.25, 0.3) is 22.5 Å². The molecule has 0 fully saturated rings. The van der Waals surface area contributed by atoms with Gasteiger partial charge < -0.3 is 14.5 Å². The van der Waals surface area contributed by atoms with Crippen LogP contribution in [0.1, 0.15) is 0 Å². The summed E-state index contributed by atoms with van der Waals surface area (Å²) >= 11 is 1.12. The molecule has 0 radical (unpaired) electrons. The first-order valence-electron chi connectivity index (χ1n) is 8.08. The van der Waals surface area contributed by atoms with Crippen molar-refractivity contribution in [3.8, 4) is 34.0 Å². The largest absolute Gasteiger partial charge is 0.497 e. The predicted octanol–water partition coefficient (Wildman–Crippen LogP) is 6.18. The van der Waals surface area contributed by atoms with Gasteiger partial charge in [0.15, 0.2) is 5.16 Å². The number of halogens is 4. The second kappa shape index (κ2) is 8.64. The molecule has 1 atom stereocenters. The fourth-order valence-corrected chi connectivity index (χ4v) is 3.52. The zero-order valence-corrected chi connectivity index (χ0v) is 17.9. The number of rotatable bonds is 7. The average molecular weight is 520 g/mol. The van der Waals surface area contributed by atoms with Crippen molar-refractivity contribution >= 4 is 34.4 Å². The molecule has 2 aromatic carbocycles. The highest BCUT2D eigenvalue weighted by atomic mass is 127. The zero-order chi connectivity index (χ0) is 20.3. The van der Waals surface area contributed by atoms with Crippen LogP contribution in [0.4, 0.5) is 13.2 Å². The summed E-state index contributed by atoms with van der Waals surface area (Å²) in [7, 11) is 3.11. The standard InChI is InChI=1S/C19H16F3IN2O2S/c1-26-13-7-3-11(4-8-13)15-16(12-5-9-14(27-2)10-6-12)25-18(24-15)28-19(21,22)17(20)23/h3-10,17H,1-2H3,(H,24,25).